The Kier molecular flexibility index (Phi) is 7.80. The molecule has 0 saturated carbocycles. The summed E-state index contributed by atoms with van der Waals surface area (Å²) in [5.41, 5.74) is 5.42. The van der Waals surface area contributed by atoms with Crippen molar-refractivity contribution >= 4 is 17.6 Å². The number of benzene rings is 2. The molecule has 0 heterocycles. The van der Waals surface area contributed by atoms with Crippen molar-refractivity contribution < 1.29 is 28.6 Å². The molecule has 8 nitrogen and oxygen atoms in total. The molecule has 0 aliphatic heterocycles. The Morgan fingerprint density at radius 1 is 0.867 bits per heavy atom. The number of nitrogens with one attached hydrogen (secondary N) is 2. The molecule has 0 aromatic heterocycles. The summed E-state index contributed by atoms with van der Waals surface area (Å²) >= 11 is 0. The fourth-order valence-electron chi connectivity index (χ4n) is 2.50. The number of hydrazine groups is 1. The van der Waals surface area contributed by atoms with Crippen LogP contribution in [0.5, 0.6) is 17.2 Å². The molecule has 160 valence electrons. The van der Waals surface area contributed by atoms with Gasteiger partial charge in [0, 0.05) is 11.1 Å². The first-order valence-corrected chi connectivity index (χ1v) is 9.43. The van der Waals surface area contributed by atoms with Gasteiger partial charge in [-0.1, -0.05) is 12.1 Å². The van der Waals surface area contributed by atoms with Crippen LogP contribution in [-0.2, 0) is 4.79 Å². The minimum absolute atomic E-state index is 0.0458. The molecule has 1 unspecified atom stereocenters. The van der Waals surface area contributed by atoms with Gasteiger partial charge in [-0.3, -0.25) is 25.2 Å². The van der Waals surface area contributed by atoms with Gasteiger partial charge in [0.15, 0.2) is 23.4 Å². The van der Waals surface area contributed by atoms with Crippen LogP contribution in [0.1, 0.15) is 48.4 Å². The normalized spacial score (nSPS) is 11.4. The molecule has 0 radical (unpaired) electrons. The number of ketones is 1. The third-order valence-corrected chi connectivity index (χ3v) is 4.01. The van der Waals surface area contributed by atoms with Crippen molar-refractivity contribution in [2.24, 2.45) is 0 Å². The van der Waals surface area contributed by atoms with Crippen LogP contribution in [0.15, 0.2) is 42.5 Å². The molecule has 2 rings (SSSR count). The van der Waals surface area contributed by atoms with Crippen molar-refractivity contribution in [1.29, 1.82) is 0 Å². The fraction of sp³-hybridized carbons (Fsp3) is 0.318. The zero-order chi connectivity index (χ0) is 22.3. The molecular formula is C22H26N2O6. The van der Waals surface area contributed by atoms with Gasteiger partial charge in [0.1, 0.15) is 5.75 Å². The molecule has 0 bridgehead atoms. The van der Waals surface area contributed by atoms with Crippen LogP contribution in [0.2, 0.25) is 0 Å². The monoisotopic (exact) mass is 414 g/mol. The van der Waals surface area contributed by atoms with Gasteiger partial charge in [-0.05, 0) is 58.0 Å². The highest BCUT2D eigenvalue weighted by molar-refractivity contribution is 5.96. The first kappa shape index (κ1) is 22.7. The van der Waals surface area contributed by atoms with Crippen LogP contribution >= 0.6 is 0 Å². The van der Waals surface area contributed by atoms with Gasteiger partial charge < -0.3 is 14.2 Å². The summed E-state index contributed by atoms with van der Waals surface area (Å²) in [6, 6.07) is 11.2. The number of ether oxygens (including phenoxy) is 3. The molecule has 2 aromatic rings. The Morgan fingerprint density at radius 2 is 1.60 bits per heavy atom. The van der Waals surface area contributed by atoms with E-state index < -0.39 is 17.9 Å². The van der Waals surface area contributed by atoms with Crippen LogP contribution in [0.25, 0.3) is 0 Å². The van der Waals surface area contributed by atoms with Crippen molar-refractivity contribution in [2.45, 2.75) is 39.9 Å². The number of Topliss-reactive ketones (excluding diaryl/α,β-unsaturated/α-hetero) is 1. The minimum Gasteiger partial charge on any atom is -0.493 e. The molecule has 0 aliphatic carbocycles. The molecule has 0 fully saturated rings. The van der Waals surface area contributed by atoms with Crippen molar-refractivity contribution in [1.82, 2.24) is 10.9 Å². The predicted octanol–water partition coefficient (Wildman–Crippen LogP) is 2.91. The molecule has 2 amide bonds. The Balaban J connectivity index is 1.96. The number of methoxy groups -OCH3 is 1. The first-order valence-electron chi connectivity index (χ1n) is 9.43. The molecule has 1 atom stereocenters. The summed E-state index contributed by atoms with van der Waals surface area (Å²) in [7, 11) is 1.48. The summed E-state index contributed by atoms with van der Waals surface area (Å²) in [4.78, 5) is 36.0. The van der Waals surface area contributed by atoms with Gasteiger partial charge in [-0.25, -0.2) is 0 Å². The molecule has 2 N–H and O–H groups in total. The second-order valence-corrected chi connectivity index (χ2v) is 6.82. The van der Waals surface area contributed by atoms with Gasteiger partial charge >= 0.3 is 0 Å². The molecule has 0 aliphatic rings. The Hall–Kier alpha value is -3.55. The van der Waals surface area contributed by atoms with E-state index in [1.54, 1.807) is 36.4 Å². The number of carbonyl (C=O) groups is 3. The number of carbonyl (C=O) groups excluding carboxylic acids is 3. The summed E-state index contributed by atoms with van der Waals surface area (Å²) in [6.07, 6.45) is -0.945. The molecule has 2 aromatic carbocycles. The van der Waals surface area contributed by atoms with Crippen molar-refractivity contribution in [2.75, 3.05) is 7.11 Å². The SMILES string of the molecule is COc1cc(C(=O)NNC(=O)C(C)Oc2cccc(C(C)=O)c2)ccc1OC(C)C. The maximum atomic E-state index is 12.4. The van der Waals surface area contributed by atoms with E-state index in [4.69, 9.17) is 14.2 Å². The molecule has 0 saturated heterocycles. The molecular weight excluding hydrogens is 388 g/mol. The largest absolute Gasteiger partial charge is 0.493 e. The van der Waals surface area contributed by atoms with Crippen LogP contribution in [0, 0.1) is 0 Å². The zero-order valence-electron chi connectivity index (χ0n) is 17.6. The standard InChI is InChI=1S/C22H26N2O6/c1-13(2)29-19-10-9-17(12-20(19)28-5)22(27)24-23-21(26)15(4)30-18-8-6-7-16(11-18)14(3)25/h6-13,15H,1-5H3,(H,23,26)(H,24,27). The van der Waals surface area contributed by atoms with E-state index in [9.17, 15) is 14.4 Å². The van der Waals surface area contributed by atoms with Gasteiger partial charge in [-0.15, -0.1) is 0 Å². The Morgan fingerprint density at radius 3 is 2.23 bits per heavy atom. The van der Waals surface area contributed by atoms with Crippen LogP contribution < -0.4 is 25.1 Å². The highest BCUT2D eigenvalue weighted by Gasteiger charge is 2.17. The third-order valence-electron chi connectivity index (χ3n) is 4.01. The van der Waals surface area contributed by atoms with E-state index in [1.165, 1.54) is 27.0 Å². The van der Waals surface area contributed by atoms with Crippen molar-refractivity contribution in [3.8, 4) is 17.2 Å². The summed E-state index contributed by atoms with van der Waals surface area (Å²) in [6.45, 7) is 6.74. The Labute approximate surface area is 175 Å². The van der Waals surface area contributed by atoms with E-state index in [2.05, 4.69) is 10.9 Å². The Bertz CT molecular complexity index is 926. The second-order valence-electron chi connectivity index (χ2n) is 6.82. The van der Waals surface area contributed by atoms with E-state index in [-0.39, 0.29) is 17.5 Å². The summed E-state index contributed by atoms with van der Waals surface area (Å²) in [5.74, 6) is 0.117. The number of hydrogen-bond acceptors (Lipinski definition) is 6. The molecule has 30 heavy (non-hydrogen) atoms. The van der Waals surface area contributed by atoms with Gasteiger partial charge in [0.05, 0.1) is 13.2 Å². The maximum absolute atomic E-state index is 12.4. The fourth-order valence-corrected chi connectivity index (χ4v) is 2.50. The maximum Gasteiger partial charge on any atom is 0.279 e. The van der Waals surface area contributed by atoms with E-state index >= 15 is 0 Å². The topological polar surface area (TPSA) is 103 Å². The van der Waals surface area contributed by atoms with Crippen LogP contribution in [0.3, 0.4) is 0 Å². The smallest absolute Gasteiger partial charge is 0.279 e. The first-order chi connectivity index (χ1) is 14.2. The van der Waals surface area contributed by atoms with Gasteiger partial charge in [0.2, 0.25) is 0 Å². The van der Waals surface area contributed by atoms with Gasteiger partial charge in [0.25, 0.3) is 11.8 Å². The highest BCUT2D eigenvalue weighted by Crippen LogP contribution is 2.28. The zero-order valence-corrected chi connectivity index (χ0v) is 17.6. The molecule has 8 heteroatoms. The minimum atomic E-state index is -0.899. The average molecular weight is 414 g/mol. The highest BCUT2D eigenvalue weighted by atomic mass is 16.5. The summed E-state index contributed by atoms with van der Waals surface area (Å²) in [5, 5.41) is 0. The lowest BCUT2D eigenvalue weighted by molar-refractivity contribution is -0.128. The third kappa shape index (κ3) is 6.23. The van der Waals surface area contributed by atoms with Crippen LogP contribution in [-0.4, -0.2) is 36.9 Å². The van der Waals surface area contributed by atoms with E-state index in [0.29, 0.717) is 22.8 Å². The lowest BCUT2D eigenvalue weighted by Crippen LogP contribution is -2.47. The van der Waals surface area contributed by atoms with Crippen molar-refractivity contribution in [3.05, 3.63) is 53.6 Å². The van der Waals surface area contributed by atoms with Gasteiger partial charge in [-0.2, -0.15) is 0 Å². The van der Waals surface area contributed by atoms with E-state index in [1.807, 2.05) is 13.8 Å². The number of rotatable bonds is 8. The van der Waals surface area contributed by atoms with E-state index in [0.717, 1.165) is 0 Å². The lowest BCUT2D eigenvalue weighted by Gasteiger charge is -2.16. The molecule has 0 spiro atoms. The predicted molar refractivity (Wildman–Crippen MR) is 111 cm³/mol. The average Bonchev–Trinajstić information content (AvgIpc) is 2.71. The summed E-state index contributed by atoms with van der Waals surface area (Å²) < 4.78 is 16.4. The quantitative estimate of drug-likeness (QED) is 0.509. The second kappa shape index (κ2) is 10.3. The van der Waals surface area contributed by atoms with Crippen LogP contribution in [0.4, 0.5) is 0 Å². The lowest BCUT2D eigenvalue weighted by atomic mass is 10.1. The van der Waals surface area contributed by atoms with Crippen molar-refractivity contribution in [3.63, 3.8) is 0 Å². The number of hydrogen-bond donors (Lipinski definition) is 2. The number of amides is 2.